The number of hydrogen-bond acceptors (Lipinski definition) is 4. The Kier molecular flexibility index (Phi) is 8.80. The van der Waals surface area contributed by atoms with E-state index in [1.165, 1.54) is 12.5 Å². The average Bonchev–Trinajstić information content (AvgIpc) is 2.75. The summed E-state index contributed by atoms with van der Waals surface area (Å²) in [4.78, 5) is 23.6. The number of esters is 1. The molecule has 0 fully saturated rings. The van der Waals surface area contributed by atoms with Gasteiger partial charge in [0.2, 0.25) is 0 Å². The molecule has 0 aromatic heterocycles. The van der Waals surface area contributed by atoms with Crippen LogP contribution in [0.2, 0.25) is 0 Å². The lowest BCUT2D eigenvalue weighted by Gasteiger charge is -2.13. The molecule has 0 radical (unpaired) electrons. The molecule has 0 aliphatic carbocycles. The lowest BCUT2D eigenvalue weighted by molar-refractivity contribution is -0.131. The van der Waals surface area contributed by atoms with Crippen molar-refractivity contribution in [2.45, 2.75) is 33.2 Å². The molecule has 0 spiro atoms. The van der Waals surface area contributed by atoms with Crippen molar-refractivity contribution in [3.63, 3.8) is 0 Å². The zero-order chi connectivity index (χ0) is 21.1. The molecule has 0 heterocycles. The molecule has 0 saturated heterocycles. The second kappa shape index (κ2) is 11.6. The van der Waals surface area contributed by atoms with E-state index in [-0.39, 0.29) is 5.78 Å². The van der Waals surface area contributed by atoms with E-state index in [1.807, 2.05) is 79.7 Å². The number of carbonyl (C=O) groups is 2. The molecule has 3 aromatic carbocycles. The number of benzene rings is 3. The van der Waals surface area contributed by atoms with Crippen molar-refractivity contribution in [1.82, 2.24) is 0 Å². The van der Waals surface area contributed by atoms with Crippen LogP contribution in [0.1, 0.15) is 42.6 Å². The van der Waals surface area contributed by atoms with Crippen molar-refractivity contribution >= 4 is 11.8 Å². The summed E-state index contributed by atoms with van der Waals surface area (Å²) < 4.78 is 5.34. The molecule has 0 unspecified atom stereocenters. The minimum Gasteiger partial charge on any atom is -0.425 e. The number of Topliss-reactive ketones (excluding diaryl/α,β-unsaturated/α-hetero) is 1. The molecular formula is C25H27NO3. The van der Waals surface area contributed by atoms with E-state index in [1.54, 1.807) is 6.07 Å². The van der Waals surface area contributed by atoms with Crippen LogP contribution in [0, 0.1) is 0 Å². The fourth-order valence-corrected chi connectivity index (χ4v) is 2.83. The third-order valence-corrected chi connectivity index (χ3v) is 4.20. The summed E-state index contributed by atoms with van der Waals surface area (Å²) in [5.74, 6) is -0.0786. The highest BCUT2D eigenvalue weighted by Gasteiger charge is 2.18. The summed E-state index contributed by atoms with van der Waals surface area (Å²) in [7, 11) is 0. The molecule has 3 aromatic rings. The molecule has 29 heavy (non-hydrogen) atoms. The highest BCUT2D eigenvalue weighted by atomic mass is 16.5. The van der Waals surface area contributed by atoms with E-state index < -0.39 is 5.97 Å². The van der Waals surface area contributed by atoms with Crippen LogP contribution in [0.4, 0.5) is 0 Å². The van der Waals surface area contributed by atoms with Gasteiger partial charge in [-0.15, -0.1) is 0 Å². The molecule has 4 heteroatoms. The number of hydrogen-bond donors (Lipinski definition) is 1. The molecule has 0 aliphatic rings. The number of ether oxygens (including phenoxy) is 1. The molecule has 3 rings (SSSR count). The van der Waals surface area contributed by atoms with E-state index in [2.05, 4.69) is 0 Å². The second-order valence-corrected chi connectivity index (χ2v) is 6.50. The Hall–Kier alpha value is -3.24. The summed E-state index contributed by atoms with van der Waals surface area (Å²) >= 11 is 0. The smallest absolute Gasteiger partial charge is 0.308 e. The first kappa shape index (κ1) is 22.1. The van der Waals surface area contributed by atoms with Gasteiger partial charge < -0.3 is 10.5 Å². The van der Waals surface area contributed by atoms with Gasteiger partial charge in [-0.1, -0.05) is 79.7 Å². The second-order valence-electron chi connectivity index (χ2n) is 6.50. The third kappa shape index (κ3) is 6.70. The van der Waals surface area contributed by atoms with Crippen molar-refractivity contribution in [3.05, 3.63) is 90.0 Å². The first-order valence-electron chi connectivity index (χ1n) is 9.70. The van der Waals surface area contributed by atoms with Crippen molar-refractivity contribution in [1.29, 1.82) is 0 Å². The molecular weight excluding hydrogens is 362 g/mol. The van der Waals surface area contributed by atoms with Crippen LogP contribution < -0.4 is 10.5 Å². The predicted octanol–water partition coefficient (Wildman–Crippen LogP) is 5.41. The Morgan fingerprint density at radius 3 is 2.00 bits per heavy atom. The van der Waals surface area contributed by atoms with E-state index in [0.29, 0.717) is 24.3 Å². The Balaban J connectivity index is 0.000000313. The fraction of sp³-hybridized carbons (Fsp3) is 0.200. The van der Waals surface area contributed by atoms with Gasteiger partial charge in [0, 0.05) is 25.5 Å². The summed E-state index contributed by atoms with van der Waals surface area (Å²) in [6, 6.07) is 25.0. The quantitative estimate of drug-likeness (QED) is 0.348. The van der Waals surface area contributed by atoms with Crippen LogP contribution >= 0.6 is 0 Å². The standard InChI is InChI=1S/C18H18O3.C7H9N/c1-3-8-17(20)16-12-7-11-15(18(16)21-13(2)19)14-9-5-4-6-10-14;8-6-7-4-2-1-3-5-7/h4-7,9-12H,3,8H2,1-2H3;1-5H,6,8H2. The van der Waals surface area contributed by atoms with Gasteiger partial charge in [-0.2, -0.15) is 0 Å². The predicted molar refractivity (Wildman–Crippen MR) is 117 cm³/mol. The van der Waals surface area contributed by atoms with E-state index in [0.717, 1.165) is 17.5 Å². The van der Waals surface area contributed by atoms with Gasteiger partial charge in [-0.05, 0) is 23.6 Å². The van der Waals surface area contributed by atoms with E-state index in [4.69, 9.17) is 10.5 Å². The van der Waals surface area contributed by atoms with Crippen molar-refractivity contribution in [2.24, 2.45) is 5.73 Å². The summed E-state index contributed by atoms with van der Waals surface area (Å²) in [5, 5.41) is 0. The fourth-order valence-electron chi connectivity index (χ4n) is 2.83. The van der Waals surface area contributed by atoms with Crippen LogP contribution in [-0.2, 0) is 11.3 Å². The van der Waals surface area contributed by atoms with Crippen LogP contribution in [-0.4, -0.2) is 11.8 Å². The molecule has 0 bridgehead atoms. The largest absolute Gasteiger partial charge is 0.425 e. The van der Waals surface area contributed by atoms with Crippen molar-refractivity contribution < 1.29 is 14.3 Å². The average molecular weight is 389 g/mol. The summed E-state index contributed by atoms with van der Waals surface area (Å²) in [6.07, 6.45) is 1.19. The first-order valence-corrected chi connectivity index (χ1v) is 9.70. The van der Waals surface area contributed by atoms with Gasteiger partial charge in [-0.25, -0.2) is 0 Å². The van der Waals surface area contributed by atoms with E-state index >= 15 is 0 Å². The van der Waals surface area contributed by atoms with Crippen LogP contribution in [0.25, 0.3) is 11.1 Å². The van der Waals surface area contributed by atoms with Gasteiger partial charge >= 0.3 is 5.97 Å². The Morgan fingerprint density at radius 1 is 0.862 bits per heavy atom. The maximum Gasteiger partial charge on any atom is 0.308 e. The minimum absolute atomic E-state index is 0.00784. The summed E-state index contributed by atoms with van der Waals surface area (Å²) in [6.45, 7) is 3.93. The third-order valence-electron chi connectivity index (χ3n) is 4.20. The number of para-hydroxylation sites is 1. The molecule has 0 aliphatic heterocycles. The zero-order valence-corrected chi connectivity index (χ0v) is 16.9. The lowest BCUT2D eigenvalue weighted by atomic mass is 9.98. The zero-order valence-electron chi connectivity index (χ0n) is 16.9. The maximum atomic E-state index is 12.2. The Morgan fingerprint density at radius 2 is 1.48 bits per heavy atom. The molecule has 0 atom stereocenters. The van der Waals surface area contributed by atoms with Gasteiger partial charge in [-0.3, -0.25) is 9.59 Å². The number of rotatable bonds is 6. The van der Waals surface area contributed by atoms with Crippen molar-refractivity contribution in [2.75, 3.05) is 0 Å². The SMILES string of the molecule is CCCC(=O)c1cccc(-c2ccccc2)c1OC(C)=O.NCc1ccccc1. The lowest BCUT2D eigenvalue weighted by Crippen LogP contribution is -2.09. The normalized spacial score (nSPS) is 9.90. The van der Waals surface area contributed by atoms with Gasteiger partial charge in [0.15, 0.2) is 5.78 Å². The highest BCUT2D eigenvalue weighted by molar-refractivity contribution is 6.01. The minimum atomic E-state index is -0.427. The number of carbonyl (C=O) groups excluding carboxylic acids is 2. The van der Waals surface area contributed by atoms with Gasteiger partial charge in [0.05, 0.1) is 5.56 Å². The Labute approximate surface area is 172 Å². The van der Waals surface area contributed by atoms with Gasteiger partial charge in [0.1, 0.15) is 5.75 Å². The highest BCUT2D eigenvalue weighted by Crippen LogP contribution is 2.34. The van der Waals surface area contributed by atoms with Crippen molar-refractivity contribution in [3.8, 4) is 16.9 Å². The molecule has 2 N–H and O–H groups in total. The topological polar surface area (TPSA) is 69.4 Å². The summed E-state index contributed by atoms with van der Waals surface area (Å²) in [5.41, 5.74) is 8.68. The number of nitrogens with two attached hydrogens (primary N) is 1. The number of ketones is 1. The van der Waals surface area contributed by atoms with E-state index in [9.17, 15) is 9.59 Å². The monoisotopic (exact) mass is 389 g/mol. The van der Waals surface area contributed by atoms with Crippen LogP contribution in [0.3, 0.4) is 0 Å². The first-order chi connectivity index (χ1) is 14.1. The van der Waals surface area contributed by atoms with Crippen LogP contribution in [0.5, 0.6) is 5.75 Å². The van der Waals surface area contributed by atoms with Gasteiger partial charge in [0.25, 0.3) is 0 Å². The molecule has 150 valence electrons. The van der Waals surface area contributed by atoms with Crippen LogP contribution in [0.15, 0.2) is 78.9 Å². The molecule has 0 amide bonds. The molecule has 0 saturated carbocycles. The molecule has 4 nitrogen and oxygen atoms in total. The Bertz CT molecular complexity index is 921. The maximum absolute atomic E-state index is 12.2.